The molecular formula is C23H27N5O. The zero-order chi connectivity index (χ0) is 20.5. The molecule has 0 radical (unpaired) electrons. The number of para-hydroxylation sites is 1. The Morgan fingerprint density at radius 2 is 1.86 bits per heavy atom. The Kier molecular flexibility index (Phi) is 5.20. The normalized spacial score (nSPS) is 21.8. The molecule has 0 spiro atoms. The van der Waals surface area contributed by atoms with E-state index in [0.29, 0.717) is 12.4 Å². The number of rotatable bonds is 4. The number of anilines is 1. The first kappa shape index (κ1) is 19.3. The monoisotopic (exact) mass is 389 g/mol. The van der Waals surface area contributed by atoms with E-state index in [1.165, 1.54) is 11.1 Å². The zero-order valence-corrected chi connectivity index (χ0v) is 17.3. The van der Waals surface area contributed by atoms with Crippen molar-refractivity contribution in [2.75, 3.05) is 5.32 Å². The van der Waals surface area contributed by atoms with Gasteiger partial charge in [-0.3, -0.25) is 10.1 Å². The highest BCUT2D eigenvalue weighted by Crippen LogP contribution is 2.21. The molecule has 1 amide bonds. The molecule has 1 fully saturated rings. The van der Waals surface area contributed by atoms with E-state index in [1.807, 2.05) is 45.0 Å². The molecule has 0 bridgehead atoms. The molecule has 2 heterocycles. The molecule has 3 atom stereocenters. The molecule has 2 aromatic carbocycles. The summed E-state index contributed by atoms with van der Waals surface area (Å²) in [6.45, 7) is 8.13. The highest BCUT2D eigenvalue weighted by Gasteiger charge is 2.33. The Labute approximate surface area is 171 Å². The first-order valence-electron chi connectivity index (χ1n) is 10.0. The lowest BCUT2D eigenvalue weighted by atomic mass is 9.90. The molecule has 1 saturated heterocycles. The van der Waals surface area contributed by atoms with E-state index >= 15 is 0 Å². The maximum absolute atomic E-state index is 12.8. The van der Waals surface area contributed by atoms with Crippen LogP contribution in [0.25, 0.3) is 10.9 Å². The van der Waals surface area contributed by atoms with Crippen LogP contribution in [0.4, 0.5) is 5.95 Å². The minimum absolute atomic E-state index is 0.0186. The molecule has 6 nitrogen and oxygen atoms in total. The largest absolute Gasteiger partial charge is 0.323 e. The number of aryl methyl sites for hydroxylation is 3. The highest BCUT2D eigenvalue weighted by molar-refractivity contribution is 5.85. The highest BCUT2D eigenvalue weighted by atomic mass is 16.2. The lowest BCUT2D eigenvalue weighted by Crippen LogP contribution is -2.63. The van der Waals surface area contributed by atoms with Gasteiger partial charge in [0.1, 0.15) is 0 Å². The lowest BCUT2D eigenvalue weighted by molar-refractivity contribution is -0.128. The third-order valence-corrected chi connectivity index (χ3v) is 5.59. The Morgan fingerprint density at radius 1 is 1.07 bits per heavy atom. The summed E-state index contributed by atoms with van der Waals surface area (Å²) < 4.78 is 0. The molecule has 1 aromatic heterocycles. The summed E-state index contributed by atoms with van der Waals surface area (Å²) in [5.74, 6) is 0.409. The summed E-state index contributed by atoms with van der Waals surface area (Å²) in [7, 11) is 0. The van der Waals surface area contributed by atoms with E-state index in [-0.39, 0.29) is 17.9 Å². The molecule has 6 heteroatoms. The second-order valence-electron chi connectivity index (χ2n) is 7.94. The number of carbonyl (C=O) groups is 1. The Morgan fingerprint density at radius 3 is 2.62 bits per heavy atom. The summed E-state index contributed by atoms with van der Waals surface area (Å²) in [5.41, 5.74) is 5.32. The van der Waals surface area contributed by atoms with Crippen LogP contribution < -0.4 is 16.0 Å². The quantitative estimate of drug-likeness (QED) is 0.639. The standard InChI is InChI=1S/C23H27N5O/c1-13-7-5-9-17(11-13)12-19-16(4)25-23(27-21(19)29)28-22-24-15(3)18-10-6-8-14(2)20(18)26-22/h5-11,16,19,23,25H,12H2,1-4H3,(H,27,29)(H,24,26,28). The molecule has 3 aromatic rings. The zero-order valence-electron chi connectivity index (χ0n) is 17.3. The molecule has 0 saturated carbocycles. The Bertz CT molecular complexity index is 1060. The van der Waals surface area contributed by atoms with Crippen molar-refractivity contribution in [3.8, 4) is 0 Å². The van der Waals surface area contributed by atoms with Gasteiger partial charge >= 0.3 is 0 Å². The molecule has 1 aliphatic rings. The van der Waals surface area contributed by atoms with Gasteiger partial charge in [-0.15, -0.1) is 0 Å². The maximum Gasteiger partial charge on any atom is 0.227 e. The number of hydrogen-bond acceptors (Lipinski definition) is 5. The van der Waals surface area contributed by atoms with E-state index in [1.54, 1.807) is 0 Å². The van der Waals surface area contributed by atoms with Crippen molar-refractivity contribution < 1.29 is 4.79 Å². The second-order valence-corrected chi connectivity index (χ2v) is 7.94. The third-order valence-electron chi connectivity index (χ3n) is 5.59. The van der Waals surface area contributed by atoms with Crippen LogP contribution in [0, 0.1) is 26.7 Å². The average molecular weight is 390 g/mol. The Balaban J connectivity index is 1.49. The van der Waals surface area contributed by atoms with Gasteiger partial charge in [0.25, 0.3) is 0 Å². The first-order chi connectivity index (χ1) is 13.9. The van der Waals surface area contributed by atoms with E-state index in [0.717, 1.165) is 22.2 Å². The van der Waals surface area contributed by atoms with Crippen LogP contribution in [0.15, 0.2) is 42.5 Å². The maximum atomic E-state index is 12.8. The van der Waals surface area contributed by atoms with Crippen LogP contribution in [0.2, 0.25) is 0 Å². The molecule has 3 unspecified atom stereocenters. The van der Waals surface area contributed by atoms with Gasteiger partial charge in [0.15, 0.2) is 6.29 Å². The van der Waals surface area contributed by atoms with Crippen molar-refractivity contribution in [2.24, 2.45) is 5.92 Å². The number of nitrogens with one attached hydrogen (secondary N) is 3. The fourth-order valence-electron chi connectivity index (χ4n) is 3.98. The molecule has 150 valence electrons. The fourth-order valence-corrected chi connectivity index (χ4v) is 3.98. The van der Waals surface area contributed by atoms with Gasteiger partial charge in [0.2, 0.25) is 11.9 Å². The van der Waals surface area contributed by atoms with Gasteiger partial charge in [0, 0.05) is 11.4 Å². The molecule has 4 rings (SSSR count). The number of fused-ring (bicyclic) bond motifs is 1. The summed E-state index contributed by atoms with van der Waals surface area (Å²) in [5, 5.41) is 10.7. The van der Waals surface area contributed by atoms with Gasteiger partial charge in [0.05, 0.1) is 17.1 Å². The van der Waals surface area contributed by atoms with Crippen molar-refractivity contribution in [2.45, 2.75) is 46.4 Å². The minimum Gasteiger partial charge on any atom is -0.323 e. The molecule has 1 aliphatic heterocycles. The molecule has 0 aliphatic carbocycles. The third kappa shape index (κ3) is 4.07. The molecule has 3 N–H and O–H groups in total. The van der Waals surface area contributed by atoms with E-state index in [2.05, 4.69) is 51.0 Å². The van der Waals surface area contributed by atoms with Crippen molar-refractivity contribution in [3.63, 3.8) is 0 Å². The van der Waals surface area contributed by atoms with Crippen molar-refractivity contribution in [1.82, 2.24) is 20.6 Å². The van der Waals surface area contributed by atoms with E-state index in [9.17, 15) is 4.79 Å². The van der Waals surface area contributed by atoms with Gasteiger partial charge in [-0.1, -0.05) is 48.0 Å². The van der Waals surface area contributed by atoms with Gasteiger partial charge in [-0.2, -0.15) is 0 Å². The number of nitrogens with zero attached hydrogens (tertiary/aromatic N) is 2. The van der Waals surface area contributed by atoms with Crippen LogP contribution >= 0.6 is 0 Å². The summed E-state index contributed by atoms with van der Waals surface area (Å²) in [4.78, 5) is 22.0. The van der Waals surface area contributed by atoms with Crippen molar-refractivity contribution >= 4 is 22.8 Å². The van der Waals surface area contributed by atoms with Gasteiger partial charge in [-0.05, 0) is 45.2 Å². The number of hydrogen-bond donors (Lipinski definition) is 3. The number of benzene rings is 2. The first-order valence-corrected chi connectivity index (χ1v) is 10.0. The smallest absolute Gasteiger partial charge is 0.227 e. The topological polar surface area (TPSA) is 78.9 Å². The fraction of sp³-hybridized carbons (Fsp3) is 0.348. The predicted molar refractivity (Wildman–Crippen MR) is 116 cm³/mol. The van der Waals surface area contributed by atoms with Crippen LogP contribution in [0.3, 0.4) is 0 Å². The summed E-state index contributed by atoms with van der Waals surface area (Å²) in [6.07, 6.45) is 0.297. The Hall–Kier alpha value is -2.99. The number of aromatic nitrogens is 2. The van der Waals surface area contributed by atoms with E-state index < -0.39 is 6.29 Å². The van der Waals surface area contributed by atoms with Crippen LogP contribution in [0.1, 0.15) is 29.3 Å². The lowest BCUT2D eigenvalue weighted by Gasteiger charge is -2.36. The minimum atomic E-state index is -0.410. The van der Waals surface area contributed by atoms with Crippen molar-refractivity contribution in [3.05, 3.63) is 64.8 Å². The second kappa shape index (κ2) is 7.79. The van der Waals surface area contributed by atoms with Crippen LogP contribution in [-0.4, -0.2) is 28.2 Å². The average Bonchev–Trinajstić information content (AvgIpc) is 2.66. The van der Waals surface area contributed by atoms with E-state index in [4.69, 9.17) is 0 Å². The predicted octanol–water partition coefficient (Wildman–Crippen LogP) is 3.22. The molecular weight excluding hydrogens is 362 g/mol. The number of carbonyl (C=O) groups excluding carboxylic acids is 1. The van der Waals surface area contributed by atoms with Crippen molar-refractivity contribution in [1.29, 1.82) is 0 Å². The SMILES string of the molecule is Cc1cccc(CC2C(=O)NC(Nc3nc(C)c4cccc(C)c4n3)NC2C)c1. The number of amides is 1. The van der Waals surface area contributed by atoms with Gasteiger partial charge < -0.3 is 10.6 Å². The van der Waals surface area contributed by atoms with Crippen LogP contribution in [-0.2, 0) is 11.2 Å². The molecule has 29 heavy (non-hydrogen) atoms. The summed E-state index contributed by atoms with van der Waals surface area (Å²) in [6, 6.07) is 14.4. The van der Waals surface area contributed by atoms with Gasteiger partial charge in [-0.25, -0.2) is 9.97 Å². The summed E-state index contributed by atoms with van der Waals surface area (Å²) >= 11 is 0. The van der Waals surface area contributed by atoms with Crippen LogP contribution in [0.5, 0.6) is 0 Å².